The fourth-order valence-electron chi connectivity index (χ4n) is 2.22. The Morgan fingerprint density at radius 3 is 2.94 bits per heavy atom. The summed E-state index contributed by atoms with van der Waals surface area (Å²) in [6.45, 7) is 2.09. The molecule has 2 unspecified atom stereocenters. The van der Waals surface area contributed by atoms with Gasteiger partial charge in [0.2, 0.25) is 0 Å². The normalized spacial score (nSPS) is 25.8. The van der Waals surface area contributed by atoms with Gasteiger partial charge >= 0.3 is 0 Å². The number of carbonyl (C=O) groups excluding carboxylic acids is 2. The summed E-state index contributed by atoms with van der Waals surface area (Å²) in [6.07, 6.45) is 5.35. The summed E-state index contributed by atoms with van der Waals surface area (Å²) in [5, 5.41) is 3.96. The van der Waals surface area contributed by atoms with E-state index in [4.69, 9.17) is 0 Å². The lowest BCUT2D eigenvalue weighted by Crippen LogP contribution is -2.30. The molecule has 1 aliphatic rings. The third-order valence-corrected chi connectivity index (χ3v) is 3.22. The molecule has 0 N–H and O–H groups in total. The van der Waals surface area contributed by atoms with Gasteiger partial charge in [0.1, 0.15) is 5.78 Å². The molecule has 86 valence electrons. The van der Waals surface area contributed by atoms with Crippen molar-refractivity contribution >= 4 is 11.6 Å². The van der Waals surface area contributed by atoms with E-state index in [2.05, 4.69) is 12.0 Å². The van der Waals surface area contributed by atoms with E-state index in [9.17, 15) is 9.59 Å². The van der Waals surface area contributed by atoms with Crippen molar-refractivity contribution in [1.82, 2.24) is 9.78 Å². The molecular formula is C12H16N2O2. The summed E-state index contributed by atoms with van der Waals surface area (Å²) in [7, 11) is 1.77. The molecule has 0 aliphatic heterocycles. The van der Waals surface area contributed by atoms with Gasteiger partial charge in [0, 0.05) is 19.7 Å². The van der Waals surface area contributed by atoms with Gasteiger partial charge in [-0.15, -0.1) is 0 Å². The third kappa shape index (κ3) is 2.05. The predicted octanol–water partition coefficient (Wildman–Crippen LogP) is 1.61. The molecule has 1 fully saturated rings. The Hall–Kier alpha value is -1.45. The van der Waals surface area contributed by atoms with Gasteiger partial charge in [-0.1, -0.05) is 6.92 Å². The second-order valence-corrected chi connectivity index (χ2v) is 4.67. The molecule has 1 aliphatic carbocycles. The zero-order chi connectivity index (χ0) is 11.7. The van der Waals surface area contributed by atoms with Crippen LogP contribution in [0, 0.1) is 11.8 Å². The van der Waals surface area contributed by atoms with Crippen molar-refractivity contribution < 1.29 is 9.59 Å². The van der Waals surface area contributed by atoms with E-state index < -0.39 is 5.92 Å². The van der Waals surface area contributed by atoms with Crippen LogP contribution in [-0.4, -0.2) is 21.3 Å². The molecule has 0 spiro atoms. The van der Waals surface area contributed by atoms with Gasteiger partial charge < -0.3 is 0 Å². The first-order valence-electron chi connectivity index (χ1n) is 5.63. The maximum Gasteiger partial charge on any atom is 0.176 e. The molecular weight excluding hydrogens is 204 g/mol. The number of aromatic nitrogens is 2. The van der Waals surface area contributed by atoms with Gasteiger partial charge in [-0.2, -0.15) is 5.10 Å². The van der Waals surface area contributed by atoms with Crippen LogP contribution in [0.3, 0.4) is 0 Å². The fraction of sp³-hybridized carbons (Fsp3) is 0.583. The van der Waals surface area contributed by atoms with Crippen LogP contribution in [0.4, 0.5) is 0 Å². The van der Waals surface area contributed by atoms with Crippen molar-refractivity contribution in [3.8, 4) is 0 Å². The van der Waals surface area contributed by atoms with E-state index in [1.165, 1.54) is 6.20 Å². The van der Waals surface area contributed by atoms with Crippen molar-refractivity contribution in [1.29, 1.82) is 0 Å². The van der Waals surface area contributed by atoms with E-state index in [1.54, 1.807) is 17.9 Å². The lowest BCUT2D eigenvalue weighted by molar-refractivity contribution is -0.123. The molecule has 4 nitrogen and oxygen atoms in total. The SMILES string of the molecule is CC1CCC(=O)C(C(=O)c2cnn(C)c2)C1. The van der Waals surface area contributed by atoms with Gasteiger partial charge in [0.25, 0.3) is 0 Å². The molecule has 4 heteroatoms. The first kappa shape index (κ1) is 11.0. The largest absolute Gasteiger partial charge is 0.299 e. The molecule has 2 rings (SSSR count). The Bertz CT molecular complexity index is 422. The Morgan fingerprint density at radius 2 is 2.31 bits per heavy atom. The van der Waals surface area contributed by atoms with Crippen LogP contribution >= 0.6 is 0 Å². The molecule has 1 heterocycles. The molecule has 1 aromatic rings. The number of Topliss-reactive ketones (excluding diaryl/α,β-unsaturated/α-hetero) is 2. The number of hydrogen-bond acceptors (Lipinski definition) is 3. The average molecular weight is 220 g/mol. The number of aryl methyl sites for hydroxylation is 1. The first-order chi connectivity index (χ1) is 7.58. The van der Waals surface area contributed by atoms with Crippen LogP contribution in [0.15, 0.2) is 12.4 Å². The minimum atomic E-state index is -0.437. The number of rotatable bonds is 2. The molecule has 0 saturated heterocycles. The second kappa shape index (κ2) is 4.20. The quantitative estimate of drug-likeness (QED) is 0.562. The monoisotopic (exact) mass is 220 g/mol. The fourth-order valence-corrected chi connectivity index (χ4v) is 2.22. The van der Waals surface area contributed by atoms with Crippen LogP contribution in [0.25, 0.3) is 0 Å². The number of carbonyl (C=O) groups is 2. The van der Waals surface area contributed by atoms with Gasteiger partial charge in [0.15, 0.2) is 5.78 Å². The minimum Gasteiger partial charge on any atom is -0.299 e. The second-order valence-electron chi connectivity index (χ2n) is 4.67. The maximum atomic E-state index is 12.1. The average Bonchev–Trinajstić information content (AvgIpc) is 2.67. The summed E-state index contributed by atoms with van der Waals surface area (Å²) in [4.78, 5) is 23.8. The van der Waals surface area contributed by atoms with E-state index in [0.29, 0.717) is 24.3 Å². The smallest absolute Gasteiger partial charge is 0.176 e. The summed E-state index contributed by atoms with van der Waals surface area (Å²) in [5.74, 6) is 0.0490. The topological polar surface area (TPSA) is 52.0 Å². The minimum absolute atomic E-state index is 0.0651. The van der Waals surface area contributed by atoms with Crippen molar-refractivity contribution in [3.63, 3.8) is 0 Å². The zero-order valence-corrected chi connectivity index (χ0v) is 9.64. The molecule has 1 aromatic heterocycles. The van der Waals surface area contributed by atoms with Crippen LogP contribution in [0.1, 0.15) is 36.5 Å². The lowest BCUT2D eigenvalue weighted by Gasteiger charge is -2.23. The van der Waals surface area contributed by atoms with E-state index in [0.717, 1.165) is 6.42 Å². The standard InChI is InChI=1S/C12H16N2O2/c1-8-3-4-11(15)10(5-8)12(16)9-6-13-14(2)7-9/h6-8,10H,3-5H2,1-2H3. The maximum absolute atomic E-state index is 12.1. The van der Waals surface area contributed by atoms with E-state index in [-0.39, 0.29) is 11.6 Å². The molecule has 2 atom stereocenters. The molecule has 1 saturated carbocycles. The third-order valence-electron chi connectivity index (χ3n) is 3.22. The molecule has 16 heavy (non-hydrogen) atoms. The van der Waals surface area contributed by atoms with E-state index in [1.807, 2.05) is 0 Å². The van der Waals surface area contributed by atoms with Crippen molar-refractivity contribution in [3.05, 3.63) is 18.0 Å². The Kier molecular flexibility index (Phi) is 2.90. The number of ketones is 2. The predicted molar refractivity (Wildman–Crippen MR) is 59.1 cm³/mol. The molecule has 0 radical (unpaired) electrons. The van der Waals surface area contributed by atoms with Gasteiger partial charge in [-0.25, -0.2) is 0 Å². The van der Waals surface area contributed by atoms with Crippen molar-refractivity contribution in [2.45, 2.75) is 26.2 Å². The van der Waals surface area contributed by atoms with Crippen molar-refractivity contribution in [2.24, 2.45) is 18.9 Å². The molecule has 0 amide bonds. The molecule has 0 aromatic carbocycles. The lowest BCUT2D eigenvalue weighted by atomic mass is 9.78. The highest BCUT2D eigenvalue weighted by Crippen LogP contribution is 2.28. The summed E-state index contributed by atoms with van der Waals surface area (Å²) in [6, 6.07) is 0. The van der Waals surface area contributed by atoms with E-state index >= 15 is 0 Å². The summed E-state index contributed by atoms with van der Waals surface area (Å²) < 4.78 is 1.59. The Balaban J connectivity index is 2.17. The number of hydrogen-bond donors (Lipinski definition) is 0. The van der Waals surface area contributed by atoms with Crippen molar-refractivity contribution in [2.75, 3.05) is 0 Å². The Labute approximate surface area is 94.6 Å². The first-order valence-corrected chi connectivity index (χ1v) is 5.63. The van der Waals surface area contributed by atoms with Gasteiger partial charge in [-0.05, 0) is 18.8 Å². The highest BCUT2D eigenvalue weighted by molar-refractivity contribution is 6.10. The molecule has 0 bridgehead atoms. The Morgan fingerprint density at radius 1 is 1.56 bits per heavy atom. The van der Waals surface area contributed by atoms with Crippen LogP contribution in [0.5, 0.6) is 0 Å². The number of nitrogens with zero attached hydrogens (tertiary/aromatic N) is 2. The van der Waals surface area contributed by atoms with Gasteiger partial charge in [-0.3, -0.25) is 14.3 Å². The summed E-state index contributed by atoms with van der Waals surface area (Å²) >= 11 is 0. The van der Waals surface area contributed by atoms with Crippen LogP contribution in [0.2, 0.25) is 0 Å². The highest BCUT2D eigenvalue weighted by atomic mass is 16.2. The van der Waals surface area contributed by atoms with Gasteiger partial charge in [0.05, 0.1) is 17.7 Å². The van der Waals surface area contributed by atoms with Crippen LogP contribution in [-0.2, 0) is 11.8 Å². The summed E-state index contributed by atoms with van der Waals surface area (Å²) in [5.41, 5.74) is 0.551. The highest BCUT2D eigenvalue weighted by Gasteiger charge is 2.33. The van der Waals surface area contributed by atoms with Crippen LogP contribution < -0.4 is 0 Å². The zero-order valence-electron chi connectivity index (χ0n) is 9.64.